The van der Waals surface area contributed by atoms with Crippen molar-refractivity contribution < 1.29 is 17.9 Å². The molecule has 0 bridgehead atoms. The van der Waals surface area contributed by atoms with Gasteiger partial charge in [-0.15, -0.1) is 0 Å². The topological polar surface area (TPSA) is 60.1 Å². The maximum atomic E-state index is 12.8. The van der Waals surface area contributed by atoms with E-state index in [1.54, 1.807) is 0 Å². The maximum absolute atomic E-state index is 12.8. The van der Waals surface area contributed by atoms with Crippen molar-refractivity contribution in [1.82, 2.24) is 4.57 Å². The summed E-state index contributed by atoms with van der Waals surface area (Å²) in [5.74, 6) is 0. The molecule has 1 aromatic rings. The van der Waals surface area contributed by atoms with E-state index in [9.17, 15) is 23.2 Å². The summed E-state index contributed by atoms with van der Waals surface area (Å²) in [5.41, 5.74) is -2.74. The molecule has 0 aliphatic rings. The lowest BCUT2D eigenvalue weighted by molar-refractivity contribution is -0.349. The average Bonchev–Trinajstić information content (AvgIpc) is 2.26. The molecular weight excluding hydrogens is 251 g/mol. The Morgan fingerprint density at radius 3 is 2.44 bits per heavy atom. The Balaban J connectivity index is 3.75. The van der Waals surface area contributed by atoms with Crippen LogP contribution >= 0.6 is 0 Å². The molecule has 0 unspecified atom stereocenters. The van der Waals surface area contributed by atoms with Crippen molar-refractivity contribution in [1.29, 1.82) is 0 Å². The number of halogens is 3. The molecule has 1 aromatic heterocycles. The molecule has 0 fully saturated rings. The quantitative estimate of drug-likeness (QED) is 0.391. The van der Waals surface area contributed by atoms with Gasteiger partial charge < -0.3 is 15.1 Å². The van der Waals surface area contributed by atoms with E-state index in [4.69, 9.17) is 0 Å². The molecule has 0 spiro atoms. The fourth-order valence-electron chi connectivity index (χ4n) is 1.61. The SMILES string of the molecule is C=[N+]([O-])c1cc(C(F)(F)F)n(CC)c(=O)c1NC. The number of aromatic nitrogens is 1. The van der Waals surface area contributed by atoms with Crippen LogP contribution in [0.1, 0.15) is 12.6 Å². The zero-order chi connectivity index (χ0) is 14.1. The monoisotopic (exact) mass is 263 g/mol. The lowest BCUT2D eigenvalue weighted by atomic mass is 10.2. The van der Waals surface area contributed by atoms with Gasteiger partial charge in [-0.2, -0.15) is 17.9 Å². The first-order valence-electron chi connectivity index (χ1n) is 5.04. The summed E-state index contributed by atoms with van der Waals surface area (Å²) in [6, 6.07) is 0.608. The molecule has 0 aliphatic heterocycles. The molecular formula is C10H12F3N3O2. The van der Waals surface area contributed by atoms with Gasteiger partial charge in [0, 0.05) is 19.7 Å². The summed E-state index contributed by atoms with van der Waals surface area (Å²) in [7, 11) is 1.34. The number of pyridine rings is 1. The molecule has 18 heavy (non-hydrogen) atoms. The molecule has 5 nitrogen and oxygen atoms in total. The van der Waals surface area contributed by atoms with Gasteiger partial charge in [-0.1, -0.05) is 0 Å². The first-order valence-corrected chi connectivity index (χ1v) is 5.04. The normalized spacial score (nSPS) is 11.4. The number of nitrogens with one attached hydrogen (secondary N) is 1. The fraction of sp³-hybridized carbons (Fsp3) is 0.400. The number of hydrogen-bond donors (Lipinski definition) is 1. The minimum Gasteiger partial charge on any atom is -0.619 e. The summed E-state index contributed by atoms with van der Waals surface area (Å²) in [4.78, 5) is 11.8. The Morgan fingerprint density at radius 2 is 2.11 bits per heavy atom. The van der Waals surface area contributed by atoms with Gasteiger partial charge in [0.15, 0.2) is 5.69 Å². The summed E-state index contributed by atoms with van der Waals surface area (Å²) < 4.78 is 38.8. The fourth-order valence-corrected chi connectivity index (χ4v) is 1.61. The molecule has 0 saturated heterocycles. The van der Waals surface area contributed by atoms with Crippen LogP contribution in [0.2, 0.25) is 0 Å². The largest absolute Gasteiger partial charge is 0.619 e. The highest BCUT2D eigenvalue weighted by molar-refractivity contribution is 5.61. The highest BCUT2D eigenvalue weighted by atomic mass is 19.4. The van der Waals surface area contributed by atoms with Crippen molar-refractivity contribution in [2.24, 2.45) is 0 Å². The Bertz CT molecular complexity index is 534. The van der Waals surface area contributed by atoms with Gasteiger partial charge in [0.2, 0.25) is 5.69 Å². The lowest BCUT2D eigenvalue weighted by Gasteiger charge is -2.16. The van der Waals surface area contributed by atoms with Gasteiger partial charge in [-0.05, 0) is 6.92 Å². The van der Waals surface area contributed by atoms with E-state index in [0.29, 0.717) is 10.6 Å². The highest BCUT2D eigenvalue weighted by Gasteiger charge is 2.36. The van der Waals surface area contributed by atoms with E-state index in [2.05, 4.69) is 12.0 Å². The van der Waals surface area contributed by atoms with Crippen molar-refractivity contribution in [3.8, 4) is 0 Å². The molecule has 0 amide bonds. The smallest absolute Gasteiger partial charge is 0.431 e. The molecule has 0 aromatic carbocycles. The van der Waals surface area contributed by atoms with E-state index in [1.807, 2.05) is 0 Å². The second-order valence-corrected chi connectivity index (χ2v) is 3.47. The number of anilines is 1. The molecule has 100 valence electrons. The van der Waals surface area contributed by atoms with Crippen LogP contribution in [0.5, 0.6) is 0 Å². The second kappa shape index (κ2) is 4.71. The van der Waals surface area contributed by atoms with Gasteiger partial charge >= 0.3 is 6.18 Å². The Labute approximate surface area is 101 Å². The van der Waals surface area contributed by atoms with Crippen LogP contribution in [-0.2, 0) is 12.7 Å². The lowest BCUT2D eigenvalue weighted by Crippen LogP contribution is -2.29. The molecule has 0 saturated carbocycles. The number of nitrogens with zero attached hydrogens (tertiary/aromatic N) is 2. The van der Waals surface area contributed by atoms with Crippen LogP contribution in [0.15, 0.2) is 10.9 Å². The zero-order valence-electron chi connectivity index (χ0n) is 9.84. The van der Waals surface area contributed by atoms with Crippen molar-refractivity contribution in [3.63, 3.8) is 0 Å². The van der Waals surface area contributed by atoms with Crippen LogP contribution in [-0.4, -0.2) is 23.1 Å². The molecule has 0 aliphatic carbocycles. The second-order valence-electron chi connectivity index (χ2n) is 3.47. The zero-order valence-corrected chi connectivity index (χ0v) is 9.84. The van der Waals surface area contributed by atoms with Crippen LogP contribution in [0, 0.1) is 5.21 Å². The number of alkyl halides is 3. The highest BCUT2D eigenvalue weighted by Crippen LogP contribution is 2.32. The Morgan fingerprint density at radius 1 is 1.56 bits per heavy atom. The molecule has 1 N–H and O–H groups in total. The van der Waals surface area contributed by atoms with Gasteiger partial charge in [0.05, 0.1) is 0 Å². The van der Waals surface area contributed by atoms with E-state index < -0.39 is 23.1 Å². The van der Waals surface area contributed by atoms with Crippen molar-refractivity contribution in [3.05, 3.63) is 27.3 Å². The third kappa shape index (κ3) is 2.31. The van der Waals surface area contributed by atoms with Crippen molar-refractivity contribution in [2.75, 3.05) is 12.4 Å². The maximum Gasteiger partial charge on any atom is 0.431 e. The standard InChI is InChI=1S/C10H12F3N3O2/c1-4-16-7(10(11,12)13)5-6(15(3)18)8(14-2)9(16)17/h5,14H,3-4H2,1-2H3. The number of rotatable bonds is 3. The van der Waals surface area contributed by atoms with E-state index in [-0.39, 0.29) is 17.0 Å². The molecule has 0 atom stereocenters. The minimum absolute atomic E-state index is 0.0253. The van der Waals surface area contributed by atoms with Gasteiger partial charge in [-0.3, -0.25) is 4.79 Å². The van der Waals surface area contributed by atoms with E-state index >= 15 is 0 Å². The molecule has 0 radical (unpaired) electrons. The summed E-state index contributed by atoms with van der Waals surface area (Å²) >= 11 is 0. The number of hydrogen-bond acceptors (Lipinski definition) is 3. The predicted octanol–water partition coefficient (Wildman–Crippen LogP) is 1.77. The van der Waals surface area contributed by atoms with Crippen LogP contribution in [0.25, 0.3) is 0 Å². The van der Waals surface area contributed by atoms with Gasteiger partial charge in [0.25, 0.3) is 5.56 Å². The minimum atomic E-state index is -4.72. The van der Waals surface area contributed by atoms with Crippen molar-refractivity contribution >= 4 is 18.1 Å². The van der Waals surface area contributed by atoms with Crippen LogP contribution < -0.4 is 10.9 Å². The Kier molecular flexibility index (Phi) is 3.68. The molecule has 1 rings (SSSR count). The summed E-state index contributed by atoms with van der Waals surface area (Å²) in [6.45, 7) is 4.22. The predicted molar refractivity (Wildman–Crippen MR) is 61.3 cm³/mol. The summed E-state index contributed by atoms with van der Waals surface area (Å²) in [5, 5.41) is 13.5. The third-order valence-electron chi connectivity index (χ3n) is 2.40. The van der Waals surface area contributed by atoms with E-state index in [1.165, 1.54) is 14.0 Å². The summed E-state index contributed by atoms with van der Waals surface area (Å²) in [6.07, 6.45) is -4.72. The van der Waals surface area contributed by atoms with Gasteiger partial charge in [-0.25, -0.2) is 0 Å². The Hall–Kier alpha value is -1.99. The van der Waals surface area contributed by atoms with Gasteiger partial charge in [0.1, 0.15) is 12.4 Å². The third-order valence-corrected chi connectivity index (χ3v) is 2.40. The van der Waals surface area contributed by atoms with Crippen LogP contribution in [0.4, 0.5) is 24.5 Å². The molecule has 1 heterocycles. The average molecular weight is 263 g/mol. The first kappa shape index (κ1) is 14.1. The van der Waals surface area contributed by atoms with Crippen molar-refractivity contribution in [2.45, 2.75) is 19.6 Å². The van der Waals surface area contributed by atoms with E-state index in [0.717, 1.165) is 0 Å². The first-order chi connectivity index (χ1) is 8.23. The molecule has 8 heteroatoms. The van der Waals surface area contributed by atoms with Crippen LogP contribution in [0.3, 0.4) is 0 Å².